The number of hydrogen-bond acceptors (Lipinski definition) is 2. The van der Waals surface area contributed by atoms with Gasteiger partial charge in [0.05, 0.1) is 5.69 Å². The molecule has 0 aliphatic rings. The summed E-state index contributed by atoms with van der Waals surface area (Å²) in [5.41, 5.74) is 3.40. The highest BCUT2D eigenvalue weighted by Crippen LogP contribution is 2.27. The first-order valence-corrected chi connectivity index (χ1v) is 7.61. The van der Waals surface area contributed by atoms with Gasteiger partial charge in [0.15, 0.2) is 0 Å². The van der Waals surface area contributed by atoms with Crippen LogP contribution in [0.5, 0.6) is 5.75 Å². The molecule has 1 N–H and O–H groups in total. The van der Waals surface area contributed by atoms with Crippen LogP contribution in [0.1, 0.15) is 28.4 Å². The summed E-state index contributed by atoms with van der Waals surface area (Å²) >= 11 is 3.46. The molecule has 0 atom stereocenters. The molecule has 0 bridgehead atoms. The summed E-state index contributed by atoms with van der Waals surface area (Å²) in [6.45, 7) is 6.37. The third-order valence-electron chi connectivity index (χ3n) is 3.46. The van der Waals surface area contributed by atoms with Crippen LogP contribution in [-0.4, -0.2) is 17.6 Å². The van der Waals surface area contributed by atoms with Crippen LogP contribution in [0.15, 0.2) is 40.9 Å². The average molecular weight is 348 g/mol. The Morgan fingerprint density at radius 2 is 1.81 bits per heavy atom. The molecule has 0 saturated heterocycles. The summed E-state index contributed by atoms with van der Waals surface area (Å²) in [6, 6.07) is 10.6. The molecule has 0 spiro atoms. The number of benzene rings is 2. The van der Waals surface area contributed by atoms with Crippen LogP contribution >= 0.6 is 15.9 Å². The Bertz CT molecular complexity index is 682. The molecule has 0 aromatic heterocycles. The lowest BCUT2D eigenvalue weighted by Crippen LogP contribution is -2.31. The molecule has 110 valence electrons. The molecule has 0 fully saturated rings. The normalized spacial score (nSPS) is 10.5. The quantitative estimate of drug-likeness (QED) is 0.891. The van der Waals surface area contributed by atoms with Gasteiger partial charge in [-0.3, -0.25) is 4.79 Å². The number of carbonyl (C=O) groups excluding carboxylic acids is 1. The fourth-order valence-corrected chi connectivity index (χ4v) is 2.57. The van der Waals surface area contributed by atoms with Gasteiger partial charge in [-0.2, -0.15) is 0 Å². The van der Waals surface area contributed by atoms with Gasteiger partial charge in [-0.25, -0.2) is 0 Å². The van der Waals surface area contributed by atoms with Crippen molar-refractivity contribution in [1.29, 1.82) is 0 Å². The van der Waals surface area contributed by atoms with Crippen molar-refractivity contribution in [3.8, 4) is 5.75 Å². The van der Waals surface area contributed by atoms with Gasteiger partial charge in [-0.05, 0) is 50.1 Å². The van der Waals surface area contributed by atoms with E-state index in [0.29, 0.717) is 12.1 Å². The van der Waals surface area contributed by atoms with Crippen molar-refractivity contribution in [3.63, 3.8) is 0 Å². The molecule has 0 saturated carbocycles. The number of nitrogens with zero attached hydrogens (tertiary/aromatic N) is 1. The first-order valence-electron chi connectivity index (χ1n) is 6.81. The lowest BCUT2D eigenvalue weighted by atomic mass is 10.1. The largest absolute Gasteiger partial charge is 0.508 e. The van der Waals surface area contributed by atoms with E-state index in [1.807, 2.05) is 45.0 Å². The average Bonchev–Trinajstić information content (AvgIpc) is 2.46. The predicted octanol–water partition coefficient (Wildman–Crippen LogP) is 4.44. The molecule has 1 amide bonds. The Hall–Kier alpha value is -1.81. The van der Waals surface area contributed by atoms with E-state index in [0.717, 1.165) is 21.3 Å². The van der Waals surface area contributed by atoms with Crippen LogP contribution in [0.25, 0.3) is 0 Å². The molecule has 2 aromatic rings. The number of halogens is 1. The Kier molecular flexibility index (Phi) is 4.68. The molecule has 21 heavy (non-hydrogen) atoms. The second-order valence-corrected chi connectivity index (χ2v) is 5.84. The van der Waals surface area contributed by atoms with E-state index in [9.17, 15) is 9.90 Å². The first kappa shape index (κ1) is 15.6. The minimum atomic E-state index is -0.0769. The number of phenols is 1. The molecule has 3 nitrogen and oxygen atoms in total. The third-order valence-corrected chi connectivity index (χ3v) is 4.32. The predicted molar refractivity (Wildman–Crippen MR) is 89.1 cm³/mol. The second kappa shape index (κ2) is 6.31. The van der Waals surface area contributed by atoms with E-state index in [1.54, 1.807) is 17.0 Å². The number of rotatable bonds is 3. The molecule has 0 unspecified atom stereocenters. The van der Waals surface area contributed by atoms with Gasteiger partial charge in [0.2, 0.25) is 0 Å². The number of carbonyl (C=O) groups is 1. The molecular weight excluding hydrogens is 330 g/mol. The van der Waals surface area contributed by atoms with Gasteiger partial charge in [0.1, 0.15) is 5.75 Å². The lowest BCUT2D eigenvalue weighted by Gasteiger charge is -2.23. The van der Waals surface area contributed by atoms with Crippen LogP contribution in [0.2, 0.25) is 0 Å². The Balaban J connectivity index is 2.43. The van der Waals surface area contributed by atoms with Gasteiger partial charge < -0.3 is 10.0 Å². The SMILES string of the molecule is CCN(C(=O)c1ccc(C)c(Br)c1)c1cc(O)ccc1C. The number of phenolic OH excluding ortho intramolecular Hbond substituents is 1. The Morgan fingerprint density at radius 1 is 1.14 bits per heavy atom. The topological polar surface area (TPSA) is 40.5 Å². The fourth-order valence-electron chi connectivity index (χ4n) is 2.19. The highest BCUT2D eigenvalue weighted by Gasteiger charge is 2.18. The van der Waals surface area contributed by atoms with E-state index in [-0.39, 0.29) is 11.7 Å². The van der Waals surface area contributed by atoms with Crippen LogP contribution in [-0.2, 0) is 0 Å². The van der Waals surface area contributed by atoms with E-state index < -0.39 is 0 Å². The summed E-state index contributed by atoms with van der Waals surface area (Å²) in [7, 11) is 0. The summed E-state index contributed by atoms with van der Waals surface area (Å²) in [6.07, 6.45) is 0. The van der Waals surface area contributed by atoms with Crippen molar-refractivity contribution in [2.45, 2.75) is 20.8 Å². The fraction of sp³-hybridized carbons (Fsp3) is 0.235. The lowest BCUT2D eigenvalue weighted by molar-refractivity contribution is 0.0988. The zero-order chi connectivity index (χ0) is 15.6. The van der Waals surface area contributed by atoms with Gasteiger partial charge in [-0.1, -0.05) is 28.1 Å². The molecule has 4 heteroatoms. The Morgan fingerprint density at radius 3 is 2.43 bits per heavy atom. The monoisotopic (exact) mass is 347 g/mol. The van der Waals surface area contributed by atoms with Crippen LogP contribution < -0.4 is 4.90 Å². The van der Waals surface area contributed by atoms with E-state index in [1.165, 1.54) is 0 Å². The van der Waals surface area contributed by atoms with E-state index >= 15 is 0 Å². The summed E-state index contributed by atoms with van der Waals surface area (Å²) in [5.74, 6) is 0.0823. The number of aromatic hydroxyl groups is 1. The van der Waals surface area contributed by atoms with E-state index in [4.69, 9.17) is 0 Å². The van der Waals surface area contributed by atoms with Gasteiger partial charge in [-0.15, -0.1) is 0 Å². The maximum Gasteiger partial charge on any atom is 0.258 e. The van der Waals surface area contributed by atoms with Crippen molar-refractivity contribution in [3.05, 3.63) is 57.6 Å². The first-order chi connectivity index (χ1) is 9.93. The highest BCUT2D eigenvalue weighted by atomic mass is 79.9. The van der Waals surface area contributed by atoms with Crippen molar-refractivity contribution in [1.82, 2.24) is 0 Å². The van der Waals surface area contributed by atoms with Gasteiger partial charge in [0.25, 0.3) is 5.91 Å². The van der Waals surface area contributed by atoms with Crippen LogP contribution in [0.4, 0.5) is 5.69 Å². The molecular formula is C17H18BrNO2. The molecule has 0 radical (unpaired) electrons. The molecule has 0 heterocycles. The summed E-state index contributed by atoms with van der Waals surface area (Å²) < 4.78 is 0.914. The minimum Gasteiger partial charge on any atom is -0.508 e. The standard InChI is InChI=1S/C17H18BrNO2/c1-4-19(16-10-14(20)8-6-12(16)3)17(21)13-7-5-11(2)15(18)9-13/h5-10,20H,4H2,1-3H3. The third kappa shape index (κ3) is 3.27. The summed E-state index contributed by atoms with van der Waals surface area (Å²) in [4.78, 5) is 14.4. The number of aryl methyl sites for hydroxylation is 2. The van der Waals surface area contributed by atoms with E-state index in [2.05, 4.69) is 15.9 Å². The molecule has 0 aliphatic heterocycles. The number of amides is 1. The van der Waals surface area contributed by atoms with Crippen LogP contribution in [0.3, 0.4) is 0 Å². The van der Waals surface area contributed by atoms with Crippen molar-refractivity contribution >= 4 is 27.5 Å². The second-order valence-electron chi connectivity index (χ2n) is 4.98. The maximum absolute atomic E-state index is 12.7. The summed E-state index contributed by atoms with van der Waals surface area (Å²) in [5, 5.41) is 9.67. The Labute approximate surface area is 133 Å². The van der Waals surface area contributed by atoms with Gasteiger partial charge >= 0.3 is 0 Å². The van der Waals surface area contributed by atoms with Gasteiger partial charge in [0, 0.05) is 22.6 Å². The van der Waals surface area contributed by atoms with Crippen molar-refractivity contribution in [2.24, 2.45) is 0 Å². The zero-order valence-electron chi connectivity index (χ0n) is 12.4. The zero-order valence-corrected chi connectivity index (χ0v) is 13.9. The van der Waals surface area contributed by atoms with Crippen LogP contribution in [0, 0.1) is 13.8 Å². The van der Waals surface area contributed by atoms with Crippen molar-refractivity contribution in [2.75, 3.05) is 11.4 Å². The molecule has 2 aromatic carbocycles. The number of hydrogen-bond donors (Lipinski definition) is 1. The smallest absolute Gasteiger partial charge is 0.258 e. The molecule has 2 rings (SSSR count). The van der Waals surface area contributed by atoms with Crippen molar-refractivity contribution < 1.29 is 9.90 Å². The number of anilines is 1. The molecule has 0 aliphatic carbocycles. The highest BCUT2D eigenvalue weighted by molar-refractivity contribution is 9.10. The maximum atomic E-state index is 12.7. The minimum absolute atomic E-state index is 0.0769.